The normalized spacial score (nSPS) is 24.5. The predicted octanol–water partition coefficient (Wildman–Crippen LogP) is 0.805. The number of aromatic nitrogens is 2. The van der Waals surface area contributed by atoms with Crippen molar-refractivity contribution in [2.45, 2.75) is 44.9 Å². The highest BCUT2D eigenvalue weighted by Crippen LogP contribution is 2.22. The van der Waals surface area contributed by atoms with Crippen LogP contribution >= 0.6 is 0 Å². The van der Waals surface area contributed by atoms with Crippen LogP contribution in [0.15, 0.2) is 10.9 Å². The number of likely N-dealkylation sites (tertiary alicyclic amines) is 1. The summed E-state index contributed by atoms with van der Waals surface area (Å²) in [6.45, 7) is 3.63. The first-order chi connectivity index (χ1) is 7.25. The lowest BCUT2D eigenvalue weighted by Crippen LogP contribution is -2.31. The highest BCUT2D eigenvalue weighted by molar-refractivity contribution is 4.86. The van der Waals surface area contributed by atoms with Crippen molar-refractivity contribution in [3.05, 3.63) is 12.2 Å². The Morgan fingerprint density at radius 2 is 2.60 bits per heavy atom. The van der Waals surface area contributed by atoms with Crippen molar-refractivity contribution in [2.24, 2.45) is 0 Å². The molecular formula is C10H17N3O2. The molecule has 1 fully saturated rings. The van der Waals surface area contributed by atoms with Crippen LogP contribution in [0, 0.1) is 0 Å². The topological polar surface area (TPSA) is 62.4 Å². The van der Waals surface area contributed by atoms with Crippen LogP contribution in [0.2, 0.25) is 0 Å². The Morgan fingerprint density at radius 3 is 3.27 bits per heavy atom. The monoisotopic (exact) mass is 211 g/mol. The van der Waals surface area contributed by atoms with Gasteiger partial charge >= 0.3 is 0 Å². The average molecular weight is 211 g/mol. The summed E-state index contributed by atoms with van der Waals surface area (Å²) in [4.78, 5) is 6.33. The van der Waals surface area contributed by atoms with E-state index in [2.05, 4.69) is 15.0 Å². The molecule has 84 valence electrons. The van der Waals surface area contributed by atoms with Crippen molar-refractivity contribution in [3.8, 4) is 0 Å². The van der Waals surface area contributed by atoms with E-state index < -0.39 is 0 Å². The van der Waals surface area contributed by atoms with Crippen molar-refractivity contribution >= 4 is 0 Å². The van der Waals surface area contributed by atoms with Crippen LogP contribution < -0.4 is 0 Å². The molecule has 0 aromatic carbocycles. The third-order valence-corrected chi connectivity index (χ3v) is 2.86. The van der Waals surface area contributed by atoms with Gasteiger partial charge in [-0.25, -0.2) is 0 Å². The molecule has 1 saturated heterocycles. The Bertz CT molecular complexity index is 287. The lowest BCUT2D eigenvalue weighted by Gasteiger charge is -2.23. The van der Waals surface area contributed by atoms with Gasteiger partial charge in [-0.15, -0.1) is 0 Å². The van der Waals surface area contributed by atoms with Gasteiger partial charge in [-0.1, -0.05) is 5.16 Å². The zero-order valence-corrected chi connectivity index (χ0v) is 8.96. The second-order valence-corrected chi connectivity index (χ2v) is 4.20. The number of nitrogens with zero attached hydrogens (tertiary/aromatic N) is 3. The maximum atomic E-state index is 9.38. The molecule has 1 N–H and O–H groups in total. The number of hydrogen-bond donors (Lipinski definition) is 1. The van der Waals surface area contributed by atoms with Crippen molar-refractivity contribution < 1.29 is 9.63 Å². The van der Waals surface area contributed by atoms with Crippen LogP contribution in [0.3, 0.4) is 0 Å². The molecule has 0 amide bonds. The van der Waals surface area contributed by atoms with Gasteiger partial charge in [0.05, 0.1) is 12.6 Å². The third kappa shape index (κ3) is 2.76. The summed E-state index contributed by atoms with van der Waals surface area (Å²) in [6.07, 6.45) is 4.30. The molecular weight excluding hydrogens is 194 g/mol. The van der Waals surface area contributed by atoms with Gasteiger partial charge in [-0.2, -0.15) is 4.98 Å². The molecule has 0 aliphatic carbocycles. The van der Waals surface area contributed by atoms with E-state index in [9.17, 15) is 5.11 Å². The molecule has 1 aromatic rings. The average Bonchev–Trinajstić information content (AvgIpc) is 2.78. The summed E-state index contributed by atoms with van der Waals surface area (Å²) < 4.78 is 4.70. The molecule has 0 bridgehead atoms. The van der Waals surface area contributed by atoms with E-state index in [0.29, 0.717) is 6.04 Å². The molecule has 2 heterocycles. The fourth-order valence-corrected chi connectivity index (χ4v) is 2.21. The van der Waals surface area contributed by atoms with Gasteiger partial charge in [-0.05, 0) is 32.7 Å². The van der Waals surface area contributed by atoms with E-state index in [1.54, 1.807) is 0 Å². The molecule has 1 aliphatic rings. The Hall–Kier alpha value is -0.940. The minimum absolute atomic E-state index is 0.235. The molecule has 0 saturated carbocycles. The van der Waals surface area contributed by atoms with Gasteiger partial charge in [0.2, 0.25) is 6.39 Å². The quantitative estimate of drug-likeness (QED) is 0.798. The van der Waals surface area contributed by atoms with Crippen molar-refractivity contribution in [1.82, 2.24) is 15.0 Å². The van der Waals surface area contributed by atoms with Gasteiger partial charge in [0.25, 0.3) is 0 Å². The van der Waals surface area contributed by atoms with E-state index in [1.165, 1.54) is 12.8 Å². The SMILES string of the molecule is CC(O)CC1CCCN1Cc1ncon1. The van der Waals surface area contributed by atoms with Gasteiger partial charge in [-0.3, -0.25) is 4.90 Å². The number of rotatable bonds is 4. The molecule has 2 rings (SSSR count). The summed E-state index contributed by atoms with van der Waals surface area (Å²) >= 11 is 0. The molecule has 1 aromatic heterocycles. The molecule has 1 aliphatic heterocycles. The number of aliphatic hydroxyl groups excluding tert-OH is 1. The minimum Gasteiger partial charge on any atom is -0.393 e. The first-order valence-electron chi connectivity index (χ1n) is 5.43. The van der Waals surface area contributed by atoms with E-state index in [4.69, 9.17) is 4.52 Å². The van der Waals surface area contributed by atoms with Gasteiger partial charge in [0.15, 0.2) is 5.82 Å². The molecule has 2 atom stereocenters. The van der Waals surface area contributed by atoms with E-state index in [-0.39, 0.29) is 6.10 Å². The zero-order chi connectivity index (χ0) is 10.7. The summed E-state index contributed by atoms with van der Waals surface area (Å²) in [5, 5.41) is 13.2. The van der Waals surface area contributed by atoms with Crippen LogP contribution in [0.1, 0.15) is 32.0 Å². The van der Waals surface area contributed by atoms with Gasteiger partial charge < -0.3 is 9.63 Å². The Kier molecular flexibility index (Phi) is 3.33. The third-order valence-electron chi connectivity index (χ3n) is 2.86. The van der Waals surface area contributed by atoms with E-state index >= 15 is 0 Å². The molecule has 5 heteroatoms. The molecule has 0 radical (unpaired) electrons. The molecule has 0 spiro atoms. The van der Waals surface area contributed by atoms with E-state index in [0.717, 1.165) is 31.8 Å². The summed E-state index contributed by atoms with van der Waals surface area (Å²) in [7, 11) is 0. The highest BCUT2D eigenvalue weighted by Gasteiger charge is 2.26. The van der Waals surface area contributed by atoms with Crippen molar-refractivity contribution in [2.75, 3.05) is 6.54 Å². The number of hydrogen-bond acceptors (Lipinski definition) is 5. The number of aliphatic hydroxyl groups is 1. The molecule has 2 unspecified atom stereocenters. The van der Waals surface area contributed by atoms with Crippen LogP contribution in [-0.4, -0.2) is 38.8 Å². The minimum atomic E-state index is -0.235. The van der Waals surface area contributed by atoms with Crippen LogP contribution in [-0.2, 0) is 6.54 Å². The maximum absolute atomic E-state index is 9.38. The van der Waals surface area contributed by atoms with Gasteiger partial charge in [0.1, 0.15) is 0 Å². The van der Waals surface area contributed by atoms with Gasteiger partial charge in [0, 0.05) is 6.04 Å². The smallest absolute Gasteiger partial charge is 0.213 e. The van der Waals surface area contributed by atoms with Crippen LogP contribution in [0.4, 0.5) is 0 Å². The highest BCUT2D eigenvalue weighted by atomic mass is 16.5. The second-order valence-electron chi connectivity index (χ2n) is 4.20. The largest absolute Gasteiger partial charge is 0.393 e. The van der Waals surface area contributed by atoms with E-state index in [1.807, 2.05) is 6.92 Å². The van der Waals surface area contributed by atoms with Crippen molar-refractivity contribution in [3.63, 3.8) is 0 Å². The lowest BCUT2D eigenvalue weighted by atomic mass is 10.1. The van der Waals surface area contributed by atoms with Crippen LogP contribution in [0.25, 0.3) is 0 Å². The zero-order valence-electron chi connectivity index (χ0n) is 8.96. The Balaban J connectivity index is 1.90. The Morgan fingerprint density at radius 1 is 1.73 bits per heavy atom. The standard InChI is InChI=1S/C10H17N3O2/c1-8(14)5-9-3-2-4-13(9)6-10-11-7-15-12-10/h7-9,14H,2-6H2,1H3. The summed E-state index contributed by atoms with van der Waals surface area (Å²) in [5.74, 6) is 0.729. The van der Waals surface area contributed by atoms with Crippen LogP contribution in [0.5, 0.6) is 0 Å². The fourth-order valence-electron chi connectivity index (χ4n) is 2.21. The Labute approximate surface area is 89.1 Å². The maximum Gasteiger partial charge on any atom is 0.213 e. The molecule has 15 heavy (non-hydrogen) atoms. The predicted molar refractivity (Wildman–Crippen MR) is 54.0 cm³/mol. The van der Waals surface area contributed by atoms with Crippen molar-refractivity contribution in [1.29, 1.82) is 0 Å². The first-order valence-corrected chi connectivity index (χ1v) is 5.43. The lowest BCUT2D eigenvalue weighted by molar-refractivity contribution is 0.129. The fraction of sp³-hybridized carbons (Fsp3) is 0.800. The first kappa shape index (κ1) is 10.6. The second kappa shape index (κ2) is 4.72. The summed E-state index contributed by atoms with van der Waals surface area (Å²) in [5.41, 5.74) is 0. The molecule has 5 nitrogen and oxygen atoms in total. The summed E-state index contributed by atoms with van der Waals surface area (Å²) in [6, 6.07) is 0.462.